The molecule has 19 heavy (non-hydrogen) atoms. The molecule has 1 aromatic carbocycles. The molecule has 2 rings (SSSR count). The van der Waals surface area contributed by atoms with Crippen molar-refractivity contribution in [2.75, 3.05) is 31.7 Å². The van der Waals surface area contributed by atoms with Gasteiger partial charge in [0.25, 0.3) is 0 Å². The second kappa shape index (κ2) is 5.75. The highest BCUT2D eigenvalue weighted by Gasteiger charge is 2.38. The summed E-state index contributed by atoms with van der Waals surface area (Å²) >= 11 is 0. The van der Waals surface area contributed by atoms with Crippen molar-refractivity contribution in [3.63, 3.8) is 0 Å². The molecule has 0 spiro atoms. The summed E-state index contributed by atoms with van der Waals surface area (Å²) in [7, 11) is 0. The van der Waals surface area contributed by atoms with E-state index in [0.29, 0.717) is 31.2 Å². The lowest BCUT2D eigenvalue weighted by Gasteiger charge is -2.40. The Morgan fingerprint density at radius 2 is 2.21 bits per heavy atom. The van der Waals surface area contributed by atoms with Crippen molar-refractivity contribution in [3.8, 4) is 5.75 Å². The van der Waals surface area contributed by atoms with Gasteiger partial charge in [0.05, 0.1) is 37.0 Å². The molecule has 1 saturated heterocycles. The molecule has 4 nitrogen and oxygen atoms in total. The van der Waals surface area contributed by atoms with Crippen LogP contribution in [0, 0.1) is 11.2 Å². The molecule has 0 radical (unpaired) electrons. The fourth-order valence-corrected chi connectivity index (χ4v) is 1.92. The van der Waals surface area contributed by atoms with Gasteiger partial charge in [-0.2, -0.15) is 0 Å². The van der Waals surface area contributed by atoms with Gasteiger partial charge in [-0.1, -0.05) is 0 Å². The van der Waals surface area contributed by atoms with Gasteiger partial charge in [0, 0.05) is 12.6 Å². The third kappa shape index (κ3) is 3.36. The van der Waals surface area contributed by atoms with Crippen LogP contribution in [0.1, 0.15) is 13.8 Å². The van der Waals surface area contributed by atoms with Crippen molar-refractivity contribution in [1.29, 1.82) is 0 Å². The van der Waals surface area contributed by atoms with Crippen LogP contribution in [0.2, 0.25) is 0 Å². The van der Waals surface area contributed by atoms with E-state index in [0.717, 1.165) is 0 Å². The molecule has 1 aliphatic heterocycles. The number of aliphatic hydroxyl groups is 1. The Bertz CT molecular complexity index is 427. The summed E-state index contributed by atoms with van der Waals surface area (Å²) in [4.78, 5) is 0. The maximum absolute atomic E-state index is 13.3. The molecule has 0 unspecified atom stereocenters. The van der Waals surface area contributed by atoms with Crippen LogP contribution in [0.25, 0.3) is 0 Å². The van der Waals surface area contributed by atoms with E-state index in [1.165, 1.54) is 12.1 Å². The summed E-state index contributed by atoms with van der Waals surface area (Å²) in [6.07, 6.45) is 0.0184. The molecule has 1 fully saturated rings. The first kappa shape index (κ1) is 14.1. The van der Waals surface area contributed by atoms with Gasteiger partial charge in [-0.05, 0) is 26.0 Å². The first-order valence-electron chi connectivity index (χ1n) is 6.43. The fraction of sp³-hybridized carbons (Fsp3) is 0.571. The largest absolute Gasteiger partial charge is 0.489 e. The van der Waals surface area contributed by atoms with Gasteiger partial charge in [0.15, 0.2) is 0 Å². The fourth-order valence-electron chi connectivity index (χ4n) is 1.92. The van der Waals surface area contributed by atoms with E-state index in [1.807, 2.05) is 13.8 Å². The zero-order valence-corrected chi connectivity index (χ0v) is 11.3. The Morgan fingerprint density at radius 1 is 1.47 bits per heavy atom. The highest BCUT2D eigenvalue weighted by Crippen LogP contribution is 2.31. The zero-order chi connectivity index (χ0) is 13.9. The lowest BCUT2D eigenvalue weighted by molar-refractivity contribution is -0.128. The van der Waals surface area contributed by atoms with Crippen LogP contribution in [0.15, 0.2) is 18.2 Å². The lowest BCUT2D eigenvalue weighted by Crippen LogP contribution is -2.50. The van der Waals surface area contributed by atoms with E-state index in [2.05, 4.69) is 5.32 Å². The number of halogens is 1. The first-order chi connectivity index (χ1) is 9.04. The molecule has 0 amide bonds. The quantitative estimate of drug-likeness (QED) is 0.829. The molecule has 2 N–H and O–H groups in total. The van der Waals surface area contributed by atoms with E-state index in [9.17, 15) is 9.50 Å². The summed E-state index contributed by atoms with van der Waals surface area (Å²) in [5.41, 5.74) is 0.343. The Labute approximate surface area is 112 Å². The average Bonchev–Trinajstić information content (AvgIpc) is 2.31. The predicted octanol–water partition coefficient (Wildman–Crippen LogP) is 2.03. The van der Waals surface area contributed by atoms with Gasteiger partial charge in [0.2, 0.25) is 0 Å². The molecule has 0 atom stereocenters. The van der Waals surface area contributed by atoms with Crippen molar-refractivity contribution in [2.24, 2.45) is 5.41 Å². The second-order valence-corrected chi connectivity index (χ2v) is 5.31. The average molecular weight is 269 g/mol. The van der Waals surface area contributed by atoms with Crippen LogP contribution in [-0.4, -0.2) is 37.6 Å². The van der Waals surface area contributed by atoms with Crippen molar-refractivity contribution >= 4 is 5.69 Å². The van der Waals surface area contributed by atoms with Crippen LogP contribution in [0.3, 0.4) is 0 Å². The summed E-state index contributed by atoms with van der Waals surface area (Å²) in [5, 5.41) is 12.5. The van der Waals surface area contributed by atoms with Crippen LogP contribution in [0.4, 0.5) is 10.1 Å². The van der Waals surface area contributed by atoms with Gasteiger partial charge in [0.1, 0.15) is 11.6 Å². The Hall–Kier alpha value is -1.33. The minimum absolute atomic E-state index is 0.0184. The highest BCUT2D eigenvalue weighted by atomic mass is 19.1. The number of ether oxygens (including phenoxy) is 2. The second-order valence-electron chi connectivity index (χ2n) is 5.31. The standard InChI is InChI=1S/C14H20FNO3/c1-10(2)19-13-4-3-11(15)5-12(13)16-6-14(7-17)8-18-9-14/h3-5,10,16-17H,6-9H2,1-2H3. The Morgan fingerprint density at radius 3 is 2.74 bits per heavy atom. The molecule has 0 bridgehead atoms. The van der Waals surface area contributed by atoms with Gasteiger partial charge < -0.3 is 19.9 Å². The minimum Gasteiger partial charge on any atom is -0.489 e. The molecule has 1 aromatic rings. The van der Waals surface area contributed by atoms with Gasteiger partial charge in [-0.15, -0.1) is 0 Å². The SMILES string of the molecule is CC(C)Oc1ccc(F)cc1NCC1(CO)COC1. The molecule has 0 aromatic heterocycles. The van der Waals surface area contributed by atoms with Crippen molar-refractivity contribution in [3.05, 3.63) is 24.0 Å². The number of aliphatic hydroxyl groups excluding tert-OH is 1. The summed E-state index contributed by atoms with van der Waals surface area (Å²) in [5.74, 6) is 0.297. The molecule has 0 aliphatic carbocycles. The number of hydrogen-bond acceptors (Lipinski definition) is 4. The monoisotopic (exact) mass is 269 g/mol. The molecule has 5 heteroatoms. The van der Waals surface area contributed by atoms with Crippen LogP contribution < -0.4 is 10.1 Å². The Balaban J connectivity index is 2.07. The van der Waals surface area contributed by atoms with E-state index >= 15 is 0 Å². The molecular weight excluding hydrogens is 249 g/mol. The molecule has 1 heterocycles. The molecule has 1 aliphatic rings. The summed E-state index contributed by atoms with van der Waals surface area (Å²) in [6.45, 7) is 5.46. The molecule has 0 saturated carbocycles. The summed E-state index contributed by atoms with van der Waals surface area (Å²) < 4.78 is 24.1. The first-order valence-corrected chi connectivity index (χ1v) is 6.43. The normalized spacial score (nSPS) is 17.1. The number of rotatable bonds is 6. The van der Waals surface area contributed by atoms with Crippen LogP contribution in [0.5, 0.6) is 5.75 Å². The molecular formula is C14H20FNO3. The number of hydrogen-bond donors (Lipinski definition) is 2. The Kier molecular flexibility index (Phi) is 4.27. The van der Waals surface area contributed by atoms with Gasteiger partial charge in [-0.25, -0.2) is 4.39 Å². The van der Waals surface area contributed by atoms with E-state index in [4.69, 9.17) is 9.47 Å². The van der Waals surface area contributed by atoms with E-state index < -0.39 is 0 Å². The topological polar surface area (TPSA) is 50.7 Å². The smallest absolute Gasteiger partial charge is 0.142 e. The van der Waals surface area contributed by atoms with Crippen LogP contribution in [-0.2, 0) is 4.74 Å². The van der Waals surface area contributed by atoms with Gasteiger partial charge >= 0.3 is 0 Å². The van der Waals surface area contributed by atoms with Gasteiger partial charge in [-0.3, -0.25) is 0 Å². The number of anilines is 1. The van der Waals surface area contributed by atoms with Crippen molar-refractivity contribution in [1.82, 2.24) is 0 Å². The summed E-state index contributed by atoms with van der Waals surface area (Å²) in [6, 6.07) is 4.39. The molecule has 106 valence electrons. The van der Waals surface area contributed by atoms with Crippen LogP contribution >= 0.6 is 0 Å². The van der Waals surface area contributed by atoms with E-state index in [-0.39, 0.29) is 23.9 Å². The predicted molar refractivity (Wildman–Crippen MR) is 71.0 cm³/mol. The third-order valence-corrected chi connectivity index (χ3v) is 3.11. The maximum Gasteiger partial charge on any atom is 0.142 e. The maximum atomic E-state index is 13.3. The van der Waals surface area contributed by atoms with Crippen molar-refractivity contribution < 1.29 is 19.0 Å². The van der Waals surface area contributed by atoms with Crippen molar-refractivity contribution in [2.45, 2.75) is 20.0 Å². The minimum atomic E-state index is -0.318. The van der Waals surface area contributed by atoms with E-state index in [1.54, 1.807) is 6.07 Å². The zero-order valence-electron chi connectivity index (χ0n) is 11.3. The lowest BCUT2D eigenvalue weighted by atomic mass is 9.87. The highest BCUT2D eigenvalue weighted by molar-refractivity contribution is 5.56. The number of benzene rings is 1. The number of nitrogens with one attached hydrogen (secondary N) is 1. The third-order valence-electron chi connectivity index (χ3n) is 3.11.